The Morgan fingerprint density at radius 1 is 1.58 bits per heavy atom. The van der Waals surface area contributed by atoms with E-state index in [0.717, 1.165) is 0 Å². The number of hydrogen-bond donors (Lipinski definition) is 1. The van der Waals surface area contributed by atoms with Gasteiger partial charge < -0.3 is 14.6 Å². The normalized spacial score (nSPS) is 20.6. The smallest absolute Gasteiger partial charge is 0.162 e. The molecule has 1 aliphatic heterocycles. The predicted octanol–water partition coefficient (Wildman–Crippen LogP) is 0.619. The summed E-state index contributed by atoms with van der Waals surface area (Å²) in [5.74, 6) is 1.38. The molecule has 0 aliphatic carbocycles. The molecule has 2 rings (SSSR count). The molecule has 1 aromatic carbocycles. The Balaban J connectivity index is 2.23. The van der Waals surface area contributed by atoms with Gasteiger partial charge in [0.05, 0.1) is 6.61 Å². The average molecular weight is 165 g/mol. The van der Waals surface area contributed by atoms with Crippen LogP contribution in [0.15, 0.2) is 18.2 Å². The summed E-state index contributed by atoms with van der Waals surface area (Å²) in [5.41, 5.74) is 0. The quantitative estimate of drug-likeness (QED) is 0.663. The molecule has 0 saturated heterocycles. The summed E-state index contributed by atoms with van der Waals surface area (Å²) in [6, 6.07) is 8.14. The minimum Gasteiger partial charge on any atom is -0.486 e. The molecule has 1 radical (unpaired) electrons. The van der Waals surface area contributed by atoms with Crippen molar-refractivity contribution in [3.63, 3.8) is 0 Å². The molecular formula is C9H9O3. The monoisotopic (exact) mass is 165 g/mol. The van der Waals surface area contributed by atoms with Gasteiger partial charge in [0.1, 0.15) is 6.61 Å². The summed E-state index contributed by atoms with van der Waals surface area (Å²) in [4.78, 5) is 0. The molecule has 63 valence electrons. The van der Waals surface area contributed by atoms with E-state index in [4.69, 9.17) is 14.6 Å². The highest BCUT2D eigenvalue weighted by molar-refractivity contribution is 5.40. The number of fused-ring (bicyclic) bond motifs is 1. The highest BCUT2D eigenvalue weighted by Gasteiger charge is 2.18. The van der Waals surface area contributed by atoms with E-state index in [9.17, 15) is 0 Å². The molecule has 0 saturated carbocycles. The van der Waals surface area contributed by atoms with Crippen LogP contribution in [-0.2, 0) is 0 Å². The molecule has 0 bridgehead atoms. The molecule has 1 unspecified atom stereocenters. The number of aliphatic hydroxyl groups is 1. The number of rotatable bonds is 1. The van der Waals surface area contributed by atoms with Gasteiger partial charge in [0.25, 0.3) is 0 Å². The van der Waals surface area contributed by atoms with Gasteiger partial charge in [0.2, 0.25) is 0 Å². The summed E-state index contributed by atoms with van der Waals surface area (Å²) in [6.07, 6.45) is -0.236. The predicted molar refractivity (Wildman–Crippen MR) is 42.3 cm³/mol. The Bertz CT molecular complexity index is 272. The Labute approximate surface area is 70.5 Å². The second-order valence-electron chi connectivity index (χ2n) is 2.61. The van der Waals surface area contributed by atoms with Crippen LogP contribution in [-0.4, -0.2) is 24.4 Å². The number of benzene rings is 1. The maximum Gasteiger partial charge on any atom is 0.162 e. The molecule has 1 heterocycles. The maximum atomic E-state index is 8.80. The fourth-order valence-corrected chi connectivity index (χ4v) is 1.10. The van der Waals surface area contributed by atoms with Crippen LogP contribution in [0.25, 0.3) is 0 Å². The van der Waals surface area contributed by atoms with Gasteiger partial charge in [-0.3, -0.25) is 0 Å². The van der Waals surface area contributed by atoms with E-state index in [1.54, 1.807) is 18.2 Å². The van der Waals surface area contributed by atoms with Crippen LogP contribution in [0.3, 0.4) is 0 Å². The van der Waals surface area contributed by atoms with Crippen molar-refractivity contribution in [1.82, 2.24) is 0 Å². The van der Waals surface area contributed by atoms with Crippen molar-refractivity contribution in [2.24, 2.45) is 0 Å². The molecule has 12 heavy (non-hydrogen) atoms. The average Bonchev–Trinajstić information content (AvgIpc) is 2.17. The van der Waals surface area contributed by atoms with Crippen LogP contribution in [0.4, 0.5) is 0 Å². The fourth-order valence-electron chi connectivity index (χ4n) is 1.10. The van der Waals surface area contributed by atoms with Gasteiger partial charge in [-0.1, -0.05) is 6.07 Å². The van der Waals surface area contributed by atoms with Crippen LogP contribution >= 0.6 is 0 Å². The van der Waals surface area contributed by atoms with E-state index in [2.05, 4.69) is 6.07 Å². The molecule has 1 aromatic rings. The van der Waals surface area contributed by atoms with Gasteiger partial charge in [-0.05, 0) is 18.2 Å². The third kappa shape index (κ3) is 1.23. The highest BCUT2D eigenvalue weighted by atomic mass is 16.6. The molecule has 1 aliphatic rings. The molecule has 3 nitrogen and oxygen atoms in total. The Morgan fingerprint density at radius 3 is 3.33 bits per heavy atom. The number of ether oxygens (including phenoxy) is 2. The van der Waals surface area contributed by atoms with Crippen molar-refractivity contribution in [1.29, 1.82) is 0 Å². The van der Waals surface area contributed by atoms with Gasteiger partial charge >= 0.3 is 0 Å². The van der Waals surface area contributed by atoms with E-state index >= 15 is 0 Å². The van der Waals surface area contributed by atoms with Crippen LogP contribution in [0.5, 0.6) is 11.5 Å². The van der Waals surface area contributed by atoms with Crippen molar-refractivity contribution >= 4 is 0 Å². The summed E-state index contributed by atoms with van der Waals surface area (Å²) in [5, 5.41) is 8.80. The number of aliphatic hydroxyl groups excluding tert-OH is 1. The summed E-state index contributed by atoms with van der Waals surface area (Å²) < 4.78 is 10.7. The van der Waals surface area contributed by atoms with Crippen LogP contribution in [0.2, 0.25) is 0 Å². The first-order valence-corrected chi connectivity index (χ1v) is 3.80. The second kappa shape index (κ2) is 3.03. The highest BCUT2D eigenvalue weighted by Crippen LogP contribution is 2.30. The lowest BCUT2D eigenvalue weighted by molar-refractivity contribution is 0.0456. The first-order valence-electron chi connectivity index (χ1n) is 3.80. The minimum atomic E-state index is -0.236. The lowest BCUT2D eigenvalue weighted by Gasteiger charge is -2.24. The molecule has 0 spiro atoms. The third-order valence-electron chi connectivity index (χ3n) is 1.71. The van der Waals surface area contributed by atoms with E-state index in [0.29, 0.717) is 18.1 Å². The van der Waals surface area contributed by atoms with Crippen molar-refractivity contribution in [3.8, 4) is 11.5 Å². The van der Waals surface area contributed by atoms with Crippen molar-refractivity contribution < 1.29 is 14.6 Å². The first-order chi connectivity index (χ1) is 5.90. The Kier molecular flexibility index (Phi) is 1.87. The topological polar surface area (TPSA) is 38.7 Å². The second-order valence-corrected chi connectivity index (χ2v) is 2.61. The van der Waals surface area contributed by atoms with Gasteiger partial charge in [-0.2, -0.15) is 0 Å². The minimum absolute atomic E-state index is 0.0158. The van der Waals surface area contributed by atoms with Crippen molar-refractivity contribution in [2.75, 3.05) is 13.2 Å². The molecule has 3 heteroatoms. The lowest BCUT2D eigenvalue weighted by Crippen LogP contribution is -2.32. The van der Waals surface area contributed by atoms with E-state index in [-0.39, 0.29) is 12.7 Å². The fraction of sp³-hybridized carbons (Fsp3) is 0.333. The zero-order valence-corrected chi connectivity index (χ0v) is 6.49. The zero-order chi connectivity index (χ0) is 8.39. The third-order valence-corrected chi connectivity index (χ3v) is 1.71. The van der Waals surface area contributed by atoms with Gasteiger partial charge in [0, 0.05) is 0 Å². The van der Waals surface area contributed by atoms with Gasteiger partial charge in [-0.15, -0.1) is 0 Å². The standard InChI is InChI=1S/C9H9O3/c10-5-7-6-11-8-3-1-2-4-9(8)12-7/h2-4,7,10H,5-6H2. The molecule has 1 atom stereocenters. The molecular weight excluding hydrogens is 156 g/mol. The molecule has 0 aromatic heterocycles. The Hall–Kier alpha value is -1.22. The Morgan fingerprint density at radius 2 is 2.50 bits per heavy atom. The largest absolute Gasteiger partial charge is 0.486 e. The van der Waals surface area contributed by atoms with Crippen LogP contribution in [0, 0.1) is 6.07 Å². The van der Waals surface area contributed by atoms with E-state index in [1.807, 2.05) is 0 Å². The SMILES string of the molecule is OCC1COc2c[c]ccc2O1. The van der Waals surface area contributed by atoms with E-state index < -0.39 is 0 Å². The molecule has 1 N–H and O–H groups in total. The number of hydrogen-bond acceptors (Lipinski definition) is 3. The maximum absolute atomic E-state index is 8.80. The van der Waals surface area contributed by atoms with E-state index in [1.165, 1.54) is 0 Å². The van der Waals surface area contributed by atoms with Gasteiger partial charge in [-0.25, -0.2) is 0 Å². The summed E-state index contributed by atoms with van der Waals surface area (Å²) in [6.45, 7) is 0.388. The lowest BCUT2D eigenvalue weighted by atomic mass is 10.3. The molecule has 0 amide bonds. The summed E-state index contributed by atoms with van der Waals surface area (Å²) >= 11 is 0. The van der Waals surface area contributed by atoms with Crippen LogP contribution < -0.4 is 9.47 Å². The van der Waals surface area contributed by atoms with Crippen molar-refractivity contribution in [2.45, 2.75) is 6.10 Å². The van der Waals surface area contributed by atoms with Gasteiger partial charge in [0.15, 0.2) is 17.6 Å². The zero-order valence-electron chi connectivity index (χ0n) is 6.49. The first kappa shape index (κ1) is 7.43. The summed E-state index contributed by atoms with van der Waals surface area (Å²) in [7, 11) is 0. The van der Waals surface area contributed by atoms with Crippen molar-refractivity contribution in [3.05, 3.63) is 24.3 Å². The van der Waals surface area contributed by atoms with Crippen LogP contribution in [0.1, 0.15) is 0 Å². The molecule has 0 fully saturated rings.